The minimum Gasteiger partial charge on any atom is -0.464 e. The van der Waals surface area contributed by atoms with Gasteiger partial charge in [-0.05, 0) is 37.5 Å². The topological polar surface area (TPSA) is 97.4 Å². The minimum absolute atomic E-state index is 0.0451. The van der Waals surface area contributed by atoms with Crippen LogP contribution in [0.5, 0.6) is 0 Å². The molecule has 0 aliphatic heterocycles. The van der Waals surface area contributed by atoms with Gasteiger partial charge in [-0.2, -0.15) is 0 Å². The number of anilines is 1. The van der Waals surface area contributed by atoms with Crippen LogP contribution in [0.15, 0.2) is 47.4 Å². The molecule has 0 radical (unpaired) electrons. The van der Waals surface area contributed by atoms with E-state index in [1.807, 2.05) is 0 Å². The first kappa shape index (κ1) is 25.5. The molecule has 1 saturated carbocycles. The zero-order valence-electron chi connectivity index (χ0n) is 19.0. The number of hydrogen-bond acceptors (Lipinski definition) is 6. The van der Waals surface area contributed by atoms with Gasteiger partial charge in [-0.3, -0.25) is 14.6 Å². The summed E-state index contributed by atoms with van der Waals surface area (Å²) in [6.45, 7) is 1.98. The molecule has 2 aromatic rings. The summed E-state index contributed by atoms with van der Waals surface area (Å²) in [5.74, 6) is -0.924. The summed E-state index contributed by atoms with van der Waals surface area (Å²) in [6.07, 6.45) is 6.39. The van der Waals surface area contributed by atoms with Gasteiger partial charge in [0.1, 0.15) is 11.1 Å². The van der Waals surface area contributed by atoms with Crippen molar-refractivity contribution in [2.75, 3.05) is 11.9 Å². The number of esters is 1. The molecule has 1 spiro atoms. The van der Waals surface area contributed by atoms with Crippen LogP contribution in [-0.2, 0) is 20.7 Å². The third-order valence-corrected chi connectivity index (χ3v) is 7.34. The molecule has 7 nitrogen and oxygen atoms in total. The summed E-state index contributed by atoms with van der Waals surface area (Å²) in [6, 6.07) is 6.32. The Hall–Kier alpha value is -2.61. The van der Waals surface area contributed by atoms with Crippen LogP contribution in [0.3, 0.4) is 0 Å². The van der Waals surface area contributed by atoms with E-state index in [1.165, 1.54) is 12.4 Å². The van der Waals surface area contributed by atoms with Crippen LogP contribution >= 0.6 is 34.8 Å². The van der Waals surface area contributed by atoms with Gasteiger partial charge >= 0.3 is 5.97 Å². The highest BCUT2D eigenvalue weighted by atomic mass is 35.5. The lowest BCUT2D eigenvalue weighted by Crippen LogP contribution is -2.52. The molecule has 35 heavy (non-hydrogen) atoms. The second kappa shape index (κ2) is 10.6. The SMILES string of the molecule is CCOC(=O)[C@H](Cc1ccc(NC(=O)c2c(Cl)cncc2Cl)cc1)NC1=C(Cl)C(=O)C12CCCC2. The molecular weight excluding hydrogens is 513 g/mol. The predicted octanol–water partition coefficient (Wildman–Crippen LogP) is 5.30. The number of ether oxygens (including phenoxy) is 1. The maximum absolute atomic E-state index is 12.7. The molecule has 4 rings (SSSR count). The van der Waals surface area contributed by atoms with Gasteiger partial charge in [0.25, 0.3) is 5.91 Å². The molecular formula is C25H24Cl3N3O4. The number of nitrogens with zero attached hydrogens (tertiary/aromatic N) is 1. The molecule has 0 bridgehead atoms. The van der Waals surface area contributed by atoms with E-state index >= 15 is 0 Å². The van der Waals surface area contributed by atoms with Crippen LogP contribution in [0.1, 0.15) is 48.5 Å². The van der Waals surface area contributed by atoms with E-state index in [0.717, 1.165) is 31.2 Å². The van der Waals surface area contributed by atoms with Gasteiger partial charge < -0.3 is 15.4 Å². The zero-order valence-corrected chi connectivity index (χ0v) is 21.3. The summed E-state index contributed by atoms with van der Waals surface area (Å²) in [4.78, 5) is 41.7. The van der Waals surface area contributed by atoms with Crippen molar-refractivity contribution in [1.82, 2.24) is 10.3 Å². The number of aromatic nitrogens is 1. The fourth-order valence-corrected chi connectivity index (χ4v) is 5.59. The van der Waals surface area contributed by atoms with Crippen LogP contribution < -0.4 is 10.6 Å². The first-order valence-corrected chi connectivity index (χ1v) is 12.5. The molecule has 1 heterocycles. The van der Waals surface area contributed by atoms with Crippen molar-refractivity contribution in [3.05, 3.63) is 68.6 Å². The lowest BCUT2D eigenvalue weighted by atomic mass is 9.69. The molecule has 1 fully saturated rings. The number of Topliss-reactive ketones (excluding diaryl/α,β-unsaturated/α-hetero) is 1. The molecule has 1 amide bonds. The number of nitrogens with one attached hydrogen (secondary N) is 2. The number of rotatable bonds is 8. The van der Waals surface area contributed by atoms with Crippen molar-refractivity contribution in [3.8, 4) is 0 Å². The van der Waals surface area contributed by atoms with Gasteiger partial charge in [0, 0.05) is 30.2 Å². The minimum atomic E-state index is -0.709. The van der Waals surface area contributed by atoms with Crippen molar-refractivity contribution in [2.45, 2.75) is 45.1 Å². The summed E-state index contributed by atoms with van der Waals surface area (Å²) < 4.78 is 5.27. The number of halogens is 3. The monoisotopic (exact) mass is 535 g/mol. The normalized spacial score (nSPS) is 17.2. The van der Waals surface area contributed by atoms with Gasteiger partial charge in [0.05, 0.1) is 27.6 Å². The average molecular weight is 537 g/mol. The molecule has 184 valence electrons. The third kappa shape index (κ3) is 5.03. The average Bonchev–Trinajstić information content (AvgIpc) is 3.34. The first-order valence-electron chi connectivity index (χ1n) is 11.3. The fraction of sp³-hybridized carbons (Fsp3) is 0.360. The Morgan fingerprint density at radius 3 is 2.31 bits per heavy atom. The standard InChI is InChI=1S/C25H24Cl3N3O4/c1-2-35-24(34)18(31-21-20(28)22(32)25(21)9-3-4-10-25)11-14-5-7-15(8-6-14)30-23(33)19-16(26)12-29-13-17(19)27/h5-8,12-13,18,31H,2-4,9-11H2,1H3,(H,30,33)/t18-/m0/s1. The number of amides is 1. The Kier molecular flexibility index (Phi) is 7.69. The molecule has 2 aliphatic carbocycles. The smallest absolute Gasteiger partial charge is 0.328 e. The number of benzene rings is 1. The highest BCUT2D eigenvalue weighted by Crippen LogP contribution is 2.54. The predicted molar refractivity (Wildman–Crippen MR) is 135 cm³/mol. The Morgan fingerprint density at radius 2 is 1.71 bits per heavy atom. The molecule has 1 aromatic carbocycles. The molecule has 10 heteroatoms. The largest absolute Gasteiger partial charge is 0.464 e. The fourth-order valence-electron chi connectivity index (χ4n) is 4.63. The van der Waals surface area contributed by atoms with Crippen LogP contribution in [0, 0.1) is 5.41 Å². The number of carbonyl (C=O) groups excluding carboxylic acids is 3. The summed E-state index contributed by atoms with van der Waals surface area (Å²) in [5.41, 5.74) is 1.56. The lowest BCUT2D eigenvalue weighted by Gasteiger charge is -2.41. The molecule has 2 N–H and O–H groups in total. The molecule has 1 atom stereocenters. The van der Waals surface area contributed by atoms with E-state index in [9.17, 15) is 14.4 Å². The summed E-state index contributed by atoms with van der Waals surface area (Å²) in [5, 5.41) is 6.45. The van der Waals surface area contributed by atoms with Crippen molar-refractivity contribution in [2.24, 2.45) is 5.41 Å². The highest BCUT2D eigenvalue weighted by molar-refractivity contribution is 6.47. The van der Waals surface area contributed by atoms with Gasteiger partial charge in [-0.1, -0.05) is 59.8 Å². The lowest BCUT2D eigenvalue weighted by molar-refractivity contribution is -0.145. The van der Waals surface area contributed by atoms with Gasteiger partial charge in [-0.25, -0.2) is 4.79 Å². The van der Waals surface area contributed by atoms with E-state index in [2.05, 4.69) is 15.6 Å². The second-order valence-electron chi connectivity index (χ2n) is 8.59. The summed E-state index contributed by atoms with van der Waals surface area (Å²) >= 11 is 18.4. The Labute approximate surface area is 218 Å². The molecule has 2 aliphatic rings. The number of ketones is 1. The number of allylic oxidation sites excluding steroid dienone is 2. The van der Waals surface area contributed by atoms with Crippen molar-refractivity contribution in [1.29, 1.82) is 0 Å². The third-order valence-electron chi connectivity index (χ3n) is 6.41. The van der Waals surface area contributed by atoms with Gasteiger partial charge in [-0.15, -0.1) is 0 Å². The summed E-state index contributed by atoms with van der Waals surface area (Å²) in [7, 11) is 0. The first-order chi connectivity index (χ1) is 16.8. The highest BCUT2D eigenvalue weighted by Gasteiger charge is 2.55. The van der Waals surface area contributed by atoms with E-state index in [-0.39, 0.29) is 33.0 Å². The second-order valence-corrected chi connectivity index (χ2v) is 9.78. The zero-order chi connectivity index (χ0) is 25.2. The number of hydrogen-bond donors (Lipinski definition) is 2. The number of carbonyl (C=O) groups is 3. The van der Waals surface area contributed by atoms with Crippen LogP contribution in [0.4, 0.5) is 5.69 Å². The molecule has 1 aromatic heterocycles. The Bertz CT molecular complexity index is 1170. The maximum atomic E-state index is 12.7. The Balaban J connectivity index is 1.48. The van der Waals surface area contributed by atoms with E-state index in [1.54, 1.807) is 31.2 Å². The van der Waals surface area contributed by atoms with E-state index < -0.39 is 23.3 Å². The van der Waals surface area contributed by atoms with Crippen LogP contribution in [0.25, 0.3) is 0 Å². The quantitative estimate of drug-likeness (QED) is 0.445. The molecule has 0 unspecified atom stereocenters. The maximum Gasteiger partial charge on any atom is 0.328 e. The van der Waals surface area contributed by atoms with E-state index in [0.29, 0.717) is 17.8 Å². The van der Waals surface area contributed by atoms with Crippen molar-refractivity contribution >= 4 is 58.1 Å². The van der Waals surface area contributed by atoms with Gasteiger partial charge in [0.2, 0.25) is 0 Å². The van der Waals surface area contributed by atoms with Crippen LogP contribution in [-0.4, -0.2) is 35.3 Å². The number of pyridine rings is 1. The molecule has 0 saturated heterocycles. The van der Waals surface area contributed by atoms with Crippen LogP contribution in [0.2, 0.25) is 10.0 Å². The van der Waals surface area contributed by atoms with Gasteiger partial charge in [0.15, 0.2) is 5.78 Å². The van der Waals surface area contributed by atoms with Crippen molar-refractivity contribution < 1.29 is 19.1 Å². The van der Waals surface area contributed by atoms with Crippen molar-refractivity contribution in [3.63, 3.8) is 0 Å². The van der Waals surface area contributed by atoms with E-state index in [4.69, 9.17) is 39.5 Å². The Morgan fingerprint density at radius 1 is 1.09 bits per heavy atom.